The Kier molecular flexibility index (Phi) is 4.22. The highest BCUT2D eigenvalue weighted by molar-refractivity contribution is 6.20. The summed E-state index contributed by atoms with van der Waals surface area (Å²) in [7, 11) is 0. The SMILES string of the molecule is O=C(NC1=CC(C(F)(F)F)=CCC1)C1=CCCc2cc(O)ccc21. The number of allylic oxidation sites excluding steroid dienone is 5. The fraction of sp³-hybridized carbons (Fsp3) is 0.278. The Morgan fingerprint density at radius 1 is 1.12 bits per heavy atom. The highest BCUT2D eigenvalue weighted by atomic mass is 19.4. The van der Waals surface area contributed by atoms with Gasteiger partial charge in [0.05, 0.1) is 5.57 Å². The van der Waals surface area contributed by atoms with Gasteiger partial charge in [0, 0.05) is 11.3 Å². The fourth-order valence-corrected chi connectivity index (χ4v) is 2.96. The molecule has 0 atom stereocenters. The summed E-state index contributed by atoms with van der Waals surface area (Å²) in [6, 6.07) is 4.77. The van der Waals surface area contributed by atoms with E-state index in [0.29, 0.717) is 30.4 Å². The molecule has 3 nitrogen and oxygen atoms in total. The number of halogens is 3. The van der Waals surface area contributed by atoms with Crippen molar-refractivity contribution >= 4 is 11.5 Å². The zero-order chi connectivity index (χ0) is 17.3. The molecule has 0 radical (unpaired) electrons. The van der Waals surface area contributed by atoms with Gasteiger partial charge in [-0.1, -0.05) is 18.2 Å². The van der Waals surface area contributed by atoms with Crippen LogP contribution >= 0.6 is 0 Å². The molecular weight excluding hydrogens is 319 g/mol. The minimum atomic E-state index is -4.41. The molecular formula is C18H16F3NO2. The van der Waals surface area contributed by atoms with Crippen LogP contribution in [0.4, 0.5) is 13.2 Å². The molecule has 1 aromatic carbocycles. The van der Waals surface area contributed by atoms with E-state index >= 15 is 0 Å². The van der Waals surface area contributed by atoms with E-state index in [1.165, 1.54) is 6.07 Å². The topological polar surface area (TPSA) is 49.3 Å². The summed E-state index contributed by atoms with van der Waals surface area (Å²) >= 11 is 0. The largest absolute Gasteiger partial charge is 0.508 e. The number of nitrogens with one attached hydrogen (secondary N) is 1. The van der Waals surface area contributed by atoms with Gasteiger partial charge in [-0.15, -0.1) is 0 Å². The molecule has 0 saturated heterocycles. The Morgan fingerprint density at radius 2 is 1.88 bits per heavy atom. The van der Waals surface area contributed by atoms with E-state index in [1.54, 1.807) is 18.2 Å². The van der Waals surface area contributed by atoms with Crippen molar-refractivity contribution in [1.82, 2.24) is 5.32 Å². The van der Waals surface area contributed by atoms with Crippen LogP contribution in [0, 0.1) is 0 Å². The maximum Gasteiger partial charge on any atom is 0.416 e. The number of alkyl halides is 3. The highest BCUT2D eigenvalue weighted by Crippen LogP contribution is 2.32. The average Bonchev–Trinajstić information content (AvgIpc) is 2.53. The number of hydrogen-bond donors (Lipinski definition) is 2. The third-order valence-corrected chi connectivity index (χ3v) is 4.09. The van der Waals surface area contributed by atoms with Crippen molar-refractivity contribution in [2.75, 3.05) is 0 Å². The van der Waals surface area contributed by atoms with E-state index in [-0.39, 0.29) is 17.9 Å². The summed E-state index contributed by atoms with van der Waals surface area (Å²) in [5.41, 5.74) is 1.53. The molecule has 0 spiro atoms. The van der Waals surface area contributed by atoms with Crippen LogP contribution in [0.15, 0.2) is 47.7 Å². The number of carbonyl (C=O) groups is 1. The third-order valence-electron chi connectivity index (χ3n) is 4.09. The van der Waals surface area contributed by atoms with Gasteiger partial charge in [0.2, 0.25) is 0 Å². The monoisotopic (exact) mass is 335 g/mol. The van der Waals surface area contributed by atoms with Gasteiger partial charge in [-0.3, -0.25) is 4.79 Å². The molecule has 1 aromatic rings. The first-order valence-corrected chi connectivity index (χ1v) is 7.66. The summed E-state index contributed by atoms with van der Waals surface area (Å²) in [5, 5.41) is 12.1. The van der Waals surface area contributed by atoms with E-state index in [2.05, 4.69) is 5.32 Å². The van der Waals surface area contributed by atoms with Crippen molar-refractivity contribution < 1.29 is 23.1 Å². The number of amides is 1. The van der Waals surface area contributed by atoms with Crippen LogP contribution in [0.5, 0.6) is 5.75 Å². The molecule has 0 saturated carbocycles. The second-order valence-electron chi connectivity index (χ2n) is 5.82. The molecule has 1 amide bonds. The van der Waals surface area contributed by atoms with Crippen LogP contribution in [0.1, 0.15) is 30.4 Å². The quantitative estimate of drug-likeness (QED) is 0.858. The van der Waals surface area contributed by atoms with Crippen LogP contribution in [0.3, 0.4) is 0 Å². The molecule has 24 heavy (non-hydrogen) atoms. The Morgan fingerprint density at radius 3 is 2.62 bits per heavy atom. The van der Waals surface area contributed by atoms with Gasteiger partial charge < -0.3 is 10.4 Å². The lowest BCUT2D eigenvalue weighted by Crippen LogP contribution is -2.27. The summed E-state index contributed by atoms with van der Waals surface area (Å²) in [6.45, 7) is 0. The molecule has 0 heterocycles. The Balaban J connectivity index is 1.80. The molecule has 0 aliphatic heterocycles. The lowest BCUT2D eigenvalue weighted by atomic mass is 9.90. The zero-order valence-electron chi connectivity index (χ0n) is 12.8. The molecule has 0 unspecified atom stereocenters. The number of aryl methyl sites for hydroxylation is 1. The van der Waals surface area contributed by atoms with Gasteiger partial charge in [-0.25, -0.2) is 0 Å². The molecule has 2 aliphatic rings. The minimum Gasteiger partial charge on any atom is -0.508 e. The predicted octanol–water partition coefficient (Wildman–Crippen LogP) is 4.00. The fourth-order valence-electron chi connectivity index (χ4n) is 2.96. The second-order valence-corrected chi connectivity index (χ2v) is 5.82. The number of benzene rings is 1. The van der Waals surface area contributed by atoms with E-state index in [1.807, 2.05) is 0 Å². The average molecular weight is 335 g/mol. The van der Waals surface area contributed by atoms with Crippen LogP contribution in [0.25, 0.3) is 5.57 Å². The van der Waals surface area contributed by atoms with Gasteiger partial charge in [0.25, 0.3) is 5.91 Å². The van der Waals surface area contributed by atoms with Gasteiger partial charge >= 0.3 is 6.18 Å². The highest BCUT2D eigenvalue weighted by Gasteiger charge is 2.33. The Labute approximate surface area is 137 Å². The molecule has 0 aromatic heterocycles. The molecule has 3 rings (SSSR count). The van der Waals surface area contributed by atoms with Crippen LogP contribution < -0.4 is 5.32 Å². The van der Waals surface area contributed by atoms with Crippen LogP contribution in [0.2, 0.25) is 0 Å². The second kappa shape index (κ2) is 6.19. The molecule has 6 heteroatoms. The summed E-state index contributed by atoms with van der Waals surface area (Å²) in [4.78, 5) is 12.5. The van der Waals surface area contributed by atoms with Crippen molar-refractivity contribution in [2.45, 2.75) is 31.9 Å². The van der Waals surface area contributed by atoms with Crippen molar-refractivity contribution in [1.29, 1.82) is 0 Å². The Bertz CT molecular complexity index is 773. The van der Waals surface area contributed by atoms with Gasteiger partial charge in [0.15, 0.2) is 0 Å². The third kappa shape index (κ3) is 3.37. The van der Waals surface area contributed by atoms with Crippen LogP contribution in [-0.4, -0.2) is 17.2 Å². The van der Waals surface area contributed by atoms with E-state index in [9.17, 15) is 23.1 Å². The maximum atomic E-state index is 12.8. The molecule has 0 fully saturated rings. The normalized spacial score (nSPS) is 17.4. The van der Waals surface area contributed by atoms with Crippen molar-refractivity contribution in [3.8, 4) is 5.75 Å². The number of rotatable bonds is 2. The molecule has 2 aliphatic carbocycles. The standard InChI is InChI=1S/C18H16F3NO2/c19-18(20,21)12-4-2-5-13(10-12)22-17(24)16-6-1-3-11-9-14(23)7-8-15(11)16/h4,6-10,23H,1-3,5H2,(H,22,24). The Hall–Kier alpha value is -2.50. The van der Waals surface area contributed by atoms with Gasteiger partial charge in [-0.05, 0) is 55.0 Å². The van der Waals surface area contributed by atoms with Crippen LogP contribution in [-0.2, 0) is 11.2 Å². The number of phenols is 1. The number of hydrogen-bond acceptors (Lipinski definition) is 2. The van der Waals surface area contributed by atoms with Gasteiger partial charge in [0.1, 0.15) is 5.75 Å². The number of aromatic hydroxyl groups is 1. The predicted molar refractivity (Wildman–Crippen MR) is 84.0 cm³/mol. The maximum absolute atomic E-state index is 12.8. The summed E-state index contributed by atoms with van der Waals surface area (Å²) in [5.74, 6) is -0.290. The zero-order valence-corrected chi connectivity index (χ0v) is 12.8. The molecule has 126 valence electrons. The van der Waals surface area contributed by atoms with E-state index < -0.39 is 17.7 Å². The number of fused-ring (bicyclic) bond motifs is 1. The molecule has 2 N–H and O–H groups in total. The first kappa shape index (κ1) is 16.4. The summed E-state index contributed by atoms with van der Waals surface area (Å²) < 4.78 is 38.3. The van der Waals surface area contributed by atoms with Crippen molar-refractivity contribution in [2.24, 2.45) is 0 Å². The first-order chi connectivity index (χ1) is 11.3. The smallest absolute Gasteiger partial charge is 0.416 e. The number of carbonyl (C=O) groups excluding carboxylic acids is 1. The molecule has 0 bridgehead atoms. The number of phenolic OH excluding ortho intramolecular Hbond substituents is 1. The first-order valence-electron chi connectivity index (χ1n) is 7.66. The van der Waals surface area contributed by atoms with Gasteiger partial charge in [-0.2, -0.15) is 13.2 Å². The summed E-state index contributed by atoms with van der Waals surface area (Å²) in [6.07, 6.45) is 1.45. The van der Waals surface area contributed by atoms with Crippen molar-refractivity contribution in [3.05, 3.63) is 58.8 Å². The van der Waals surface area contributed by atoms with E-state index in [0.717, 1.165) is 17.7 Å². The lowest BCUT2D eigenvalue weighted by Gasteiger charge is -2.20. The lowest BCUT2D eigenvalue weighted by molar-refractivity contribution is -0.115. The minimum absolute atomic E-state index is 0.130. The van der Waals surface area contributed by atoms with E-state index in [4.69, 9.17) is 0 Å². The van der Waals surface area contributed by atoms with Crippen molar-refractivity contribution in [3.63, 3.8) is 0 Å².